The van der Waals surface area contributed by atoms with E-state index in [1.807, 2.05) is 12.1 Å². The number of benzene rings is 1. The normalized spacial score (nSPS) is 10.7. The summed E-state index contributed by atoms with van der Waals surface area (Å²) in [5.41, 5.74) is 2.46. The predicted molar refractivity (Wildman–Crippen MR) is 76.2 cm³/mol. The molecular formula is C13H13Cl2NS. The highest BCUT2D eigenvalue weighted by atomic mass is 35.5. The SMILES string of the molecule is Clc1ccc(CCNCc2ccsc2)c(Cl)c1. The van der Waals surface area contributed by atoms with Crippen molar-refractivity contribution in [1.29, 1.82) is 0 Å². The third-order valence-electron chi connectivity index (χ3n) is 2.50. The maximum atomic E-state index is 6.10. The van der Waals surface area contributed by atoms with E-state index in [0.29, 0.717) is 5.02 Å². The van der Waals surface area contributed by atoms with E-state index < -0.39 is 0 Å². The van der Waals surface area contributed by atoms with Gasteiger partial charge in [0.05, 0.1) is 0 Å². The molecule has 1 N–H and O–H groups in total. The lowest BCUT2D eigenvalue weighted by molar-refractivity contribution is 0.688. The van der Waals surface area contributed by atoms with Crippen LogP contribution >= 0.6 is 34.5 Å². The molecule has 1 aromatic heterocycles. The van der Waals surface area contributed by atoms with Gasteiger partial charge in [-0.1, -0.05) is 29.3 Å². The van der Waals surface area contributed by atoms with Crippen molar-refractivity contribution in [1.82, 2.24) is 5.32 Å². The number of rotatable bonds is 5. The first-order chi connectivity index (χ1) is 8.25. The summed E-state index contributed by atoms with van der Waals surface area (Å²) in [6.45, 7) is 1.83. The van der Waals surface area contributed by atoms with Gasteiger partial charge in [-0.3, -0.25) is 0 Å². The molecule has 0 spiro atoms. The average Bonchev–Trinajstić information content (AvgIpc) is 2.79. The summed E-state index contributed by atoms with van der Waals surface area (Å²) in [5, 5.41) is 9.07. The van der Waals surface area contributed by atoms with Crippen molar-refractivity contribution in [2.75, 3.05) is 6.54 Å². The van der Waals surface area contributed by atoms with Crippen LogP contribution in [-0.4, -0.2) is 6.54 Å². The molecule has 1 heterocycles. The van der Waals surface area contributed by atoms with Gasteiger partial charge in [-0.25, -0.2) is 0 Å². The Labute approximate surface area is 115 Å². The Bertz CT molecular complexity index is 468. The third-order valence-corrected chi connectivity index (χ3v) is 3.81. The van der Waals surface area contributed by atoms with Crippen LogP contribution in [-0.2, 0) is 13.0 Å². The van der Waals surface area contributed by atoms with Crippen molar-refractivity contribution in [3.8, 4) is 0 Å². The monoisotopic (exact) mass is 285 g/mol. The van der Waals surface area contributed by atoms with E-state index in [1.54, 1.807) is 17.4 Å². The van der Waals surface area contributed by atoms with Crippen LogP contribution in [0.2, 0.25) is 10.0 Å². The fourth-order valence-corrected chi connectivity index (χ4v) is 2.75. The van der Waals surface area contributed by atoms with E-state index in [0.717, 1.165) is 30.1 Å². The number of hydrogen-bond acceptors (Lipinski definition) is 2. The Kier molecular flexibility index (Phi) is 4.86. The number of nitrogens with one attached hydrogen (secondary N) is 1. The molecule has 2 aromatic rings. The average molecular weight is 286 g/mol. The van der Waals surface area contributed by atoms with E-state index in [1.165, 1.54) is 5.56 Å². The topological polar surface area (TPSA) is 12.0 Å². The van der Waals surface area contributed by atoms with Crippen LogP contribution in [0.5, 0.6) is 0 Å². The smallest absolute Gasteiger partial charge is 0.0453 e. The summed E-state index contributed by atoms with van der Waals surface area (Å²) in [6, 6.07) is 7.78. The van der Waals surface area contributed by atoms with Crippen molar-refractivity contribution < 1.29 is 0 Å². The van der Waals surface area contributed by atoms with Gasteiger partial charge in [-0.2, -0.15) is 11.3 Å². The van der Waals surface area contributed by atoms with Crippen molar-refractivity contribution in [2.45, 2.75) is 13.0 Å². The molecule has 0 aliphatic rings. The standard InChI is InChI=1S/C13H13Cl2NS/c14-12-2-1-11(13(15)7-12)3-5-16-8-10-4-6-17-9-10/h1-2,4,6-7,9,16H,3,5,8H2. The second-order valence-corrected chi connectivity index (χ2v) is 5.42. The van der Waals surface area contributed by atoms with Gasteiger partial charge in [0.15, 0.2) is 0 Å². The van der Waals surface area contributed by atoms with Gasteiger partial charge >= 0.3 is 0 Å². The van der Waals surface area contributed by atoms with Gasteiger partial charge in [0, 0.05) is 16.6 Å². The molecule has 4 heteroatoms. The van der Waals surface area contributed by atoms with Crippen LogP contribution in [0.25, 0.3) is 0 Å². The Morgan fingerprint density at radius 3 is 2.76 bits per heavy atom. The minimum atomic E-state index is 0.685. The minimum absolute atomic E-state index is 0.685. The molecule has 0 aliphatic heterocycles. The fourth-order valence-electron chi connectivity index (χ4n) is 1.57. The Hall–Kier alpha value is -0.540. The summed E-state index contributed by atoms with van der Waals surface area (Å²) in [6.07, 6.45) is 0.917. The molecule has 0 amide bonds. The van der Waals surface area contributed by atoms with Crippen LogP contribution in [0, 0.1) is 0 Å². The zero-order valence-electron chi connectivity index (χ0n) is 9.25. The quantitative estimate of drug-likeness (QED) is 0.804. The van der Waals surface area contributed by atoms with Gasteiger partial charge < -0.3 is 5.32 Å². The van der Waals surface area contributed by atoms with Crippen LogP contribution in [0.15, 0.2) is 35.0 Å². The maximum absolute atomic E-state index is 6.10. The van der Waals surface area contributed by atoms with Gasteiger partial charge in [-0.05, 0) is 53.1 Å². The molecule has 0 saturated carbocycles. The van der Waals surface area contributed by atoms with Gasteiger partial charge in [0.25, 0.3) is 0 Å². The molecule has 1 nitrogen and oxygen atoms in total. The van der Waals surface area contributed by atoms with Crippen LogP contribution in [0.3, 0.4) is 0 Å². The lowest BCUT2D eigenvalue weighted by atomic mass is 10.1. The van der Waals surface area contributed by atoms with E-state index in [4.69, 9.17) is 23.2 Å². The first-order valence-electron chi connectivity index (χ1n) is 5.41. The lowest BCUT2D eigenvalue weighted by Gasteiger charge is -2.06. The summed E-state index contributed by atoms with van der Waals surface area (Å²) in [4.78, 5) is 0. The molecule has 0 unspecified atom stereocenters. The van der Waals surface area contributed by atoms with Crippen molar-refractivity contribution in [3.05, 3.63) is 56.2 Å². The van der Waals surface area contributed by atoms with Crippen LogP contribution in [0.4, 0.5) is 0 Å². The molecule has 0 bridgehead atoms. The van der Waals surface area contributed by atoms with Crippen molar-refractivity contribution in [3.63, 3.8) is 0 Å². The fraction of sp³-hybridized carbons (Fsp3) is 0.231. The van der Waals surface area contributed by atoms with Gasteiger partial charge in [0.1, 0.15) is 0 Å². The van der Waals surface area contributed by atoms with E-state index in [9.17, 15) is 0 Å². The predicted octanol–water partition coefficient (Wildman–Crippen LogP) is 4.39. The van der Waals surface area contributed by atoms with Crippen molar-refractivity contribution in [2.24, 2.45) is 0 Å². The molecule has 1 aromatic carbocycles. The minimum Gasteiger partial charge on any atom is -0.312 e. The highest BCUT2D eigenvalue weighted by molar-refractivity contribution is 7.07. The second-order valence-electron chi connectivity index (χ2n) is 3.79. The van der Waals surface area contributed by atoms with Crippen molar-refractivity contribution >= 4 is 34.5 Å². The molecule has 0 aliphatic carbocycles. The highest BCUT2D eigenvalue weighted by Crippen LogP contribution is 2.21. The number of hydrogen-bond donors (Lipinski definition) is 1. The highest BCUT2D eigenvalue weighted by Gasteiger charge is 2.01. The first kappa shape index (κ1) is 12.9. The summed E-state index contributed by atoms with van der Waals surface area (Å²) in [7, 11) is 0. The Balaban J connectivity index is 1.78. The van der Waals surface area contributed by atoms with E-state index in [-0.39, 0.29) is 0 Å². The zero-order chi connectivity index (χ0) is 12.1. The van der Waals surface area contributed by atoms with Crippen LogP contribution in [0.1, 0.15) is 11.1 Å². The summed E-state index contributed by atoms with van der Waals surface area (Å²) in [5.74, 6) is 0. The second kappa shape index (κ2) is 6.41. The molecule has 0 fully saturated rings. The molecule has 2 rings (SSSR count). The molecule has 90 valence electrons. The van der Waals surface area contributed by atoms with Gasteiger partial charge in [-0.15, -0.1) is 0 Å². The van der Waals surface area contributed by atoms with Gasteiger partial charge in [0.2, 0.25) is 0 Å². The molecule has 0 radical (unpaired) electrons. The summed E-state index contributed by atoms with van der Waals surface area (Å²) < 4.78 is 0. The van der Waals surface area contributed by atoms with Crippen LogP contribution < -0.4 is 5.32 Å². The lowest BCUT2D eigenvalue weighted by Crippen LogP contribution is -2.16. The maximum Gasteiger partial charge on any atom is 0.0453 e. The summed E-state index contributed by atoms with van der Waals surface area (Å²) >= 11 is 13.7. The number of thiophene rings is 1. The zero-order valence-corrected chi connectivity index (χ0v) is 11.6. The number of halogens is 2. The Morgan fingerprint density at radius 2 is 2.06 bits per heavy atom. The third kappa shape index (κ3) is 4.00. The first-order valence-corrected chi connectivity index (χ1v) is 7.11. The van der Waals surface area contributed by atoms with E-state index >= 15 is 0 Å². The molecule has 17 heavy (non-hydrogen) atoms. The Morgan fingerprint density at radius 1 is 1.18 bits per heavy atom. The molecule has 0 atom stereocenters. The largest absolute Gasteiger partial charge is 0.312 e. The molecule has 0 saturated heterocycles. The molecular weight excluding hydrogens is 273 g/mol. The van der Waals surface area contributed by atoms with E-state index in [2.05, 4.69) is 22.1 Å².